The second-order valence-corrected chi connectivity index (χ2v) is 14.1. The van der Waals surface area contributed by atoms with Crippen LogP contribution < -0.4 is 0 Å². The van der Waals surface area contributed by atoms with Crippen molar-refractivity contribution in [2.45, 2.75) is 31.2 Å². The summed E-state index contributed by atoms with van der Waals surface area (Å²) in [4.78, 5) is 32.7. The summed E-state index contributed by atoms with van der Waals surface area (Å²) in [7, 11) is -1.54. The zero-order valence-electron chi connectivity index (χ0n) is 22.4. The predicted molar refractivity (Wildman–Crippen MR) is 155 cm³/mol. The van der Waals surface area contributed by atoms with E-state index in [1.54, 1.807) is 39.9 Å². The molecule has 2 atom stereocenters. The molecule has 0 N–H and O–H groups in total. The molecule has 0 bridgehead atoms. The van der Waals surface area contributed by atoms with Gasteiger partial charge in [-0.25, -0.2) is 13.2 Å². The first-order valence-corrected chi connectivity index (χ1v) is 15.6. The molecule has 2 fully saturated rings. The number of likely N-dealkylation sites (tertiary alicyclic amines) is 1. The Kier molecular flexibility index (Phi) is 8.79. The quantitative estimate of drug-likeness (QED) is 0.495. The number of nitrogens with zero attached hydrogens (tertiary/aromatic N) is 4. The van der Waals surface area contributed by atoms with E-state index in [9.17, 15) is 18.0 Å². The lowest BCUT2D eigenvalue weighted by Crippen LogP contribution is -2.54. The maximum Gasteiger partial charge on any atom is 0.320 e. The molecule has 0 saturated carbocycles. The number of hydrogen-bond donors (Lipinski definition) is 0. The van der Waals surface area contributed by atoms with Crippen LogP contribution in [0.3, 0.4) is 0 Å². The van der Waals surface area contributed by atoms with Crippen molar-refractivity contribution in [1.82, 2.24) is 19.0 Å². The topological polar surface area (TPSA) is 81.2 Å². The van der Waals surface area contributed by atoms with Gasteiger partial charge in [0.15, 0.2) is 0 Å². The van der Waals surface area contributed by atoms with Gasteiger partial charge < -0.3 is 14.7 Å². The molecule has 12 heteroatoms. The molecule has 3 amide bonds. The number of carbonyl (C=O) groups excluding carboxylic acids is 2. The zero-order chi connectivity index (χ0) is 28.7. The lowest BCUT2D eigenvalue weighted by Gasteiger charge is -2.36. The Hall–Kier alpha value is -2.04. The van der Waals surface area contributed by atoms with E-state index in [-0.39, 0.29) is 37.0 Å². The molecule has 4 rings (SSSR count). The van der Waals surface area contributed by atoms with E-state index in [0.29, 0.717) is 46.8 Å². The maximum absolute atomic E-state index is 14.0. The number of halogens is 3. The van der Waals surface area contributed by atoms with Gasteiger partial charge in [0.05, 0.1) is 17.7 Å². The smallest absolute Gasteiger partial charge is 0.320 e. The van der Waals surface area contributed by atoms with Gasteiger partial charge in [0.1, 0.15) is 0 Å². The zero-order valence-corrected chi connectivity index (χ0v) is 25.5. The Morgan fingerprint density at radius 2 is 1.44 bits per heavy atom. The molecule has 2 saturated heterocycles. The van der Waals surface area contributed by atoms with Gasteiger partial charge in [0.2, 0.25) is 15.9 Å². The van der Waals surface area contributed by atoms with Crippen molar-refractivity contribution < 1.29 is 18.0 Å². The highest BCUT2D eigenvalue weighted by atomic mass is 35.5. The third kappa shape index (κ3) is 6.49. The number of amides is 3. The number of urea groups is 1. The molecular formula is C27H33Cl3N4O4S. The SMILES string of the molecule is CN(C(=O)C(C)(C)c1cc(Cl)cc(Cl)c1)[C@@H]1CN(C(=O)N2CCN(S(C)(=O)=O)CC2)C[C@H]1c1ccc(Cl)cc1. The minimum atomic E-state index is -3.30. The van der Waals surface area contributed by atoms with Crippen LogP contribution in [-0.2, 0) is 20.2 Å². The lowest BCUT2D eigenvalue weighted by atomic mass is 9.82. The Morgan fingerprint density at radius 1 is 0.872 bits per heavy atom. The summed E-state index contributed by atoms with van der Waals surface area (Å²) in [5, 5.41) is 1.51. The van der Waals surface area contributed by atoms with Gasteiger partial charge in [-0.2, -0.15) is 4.31 Å². The first-order chi connectivity index (χ1) is 18.2. The van der Waals surface area contributed by atoms with Crippen LogP contribution in [0.25, 0.3) is 0 Å². The monoisotopic (exact) mass is 614 g/mol. The van der Waals surface area contributed by atoms with Crippen LogP contribution in [0.4, 0.5) is 4.79 Å². The molecule has 0 unspecified atom stereocenters. The molecule has 39 heavy (non-hydrogen) atoms. The normalized spacial score (nSPS) is 20.8. The van der Waals surface area contributed by atoms with Crippen LogP contribution >= 0.6 is 34.8 Å². The summed E-state index contributed by atoms with van der Waals surface area (Å²) in [5.41, 5.74) is 0.757. The van der Waals surface area contributed by atoms with Crippen molar-refractivity contribution in [3.05, 3.63) is 68.7 Å². The van der Waals surface area contributed by atoms with Crippen LogP contribution in [0.2, 0.25) is 15.1 Å². The highest BCUT2D eigenvalue weighted by Gasteiger charge is 2.44. The van der Waals surface area contributed by atoms with E-state index < -0.39 is 15.4 Å². The fourth-order valence-corrected chi connectivity index (χ4v) is 6.89. The van der Waals surface area contributed by atoms with E-state index in [2.05, 4.69) is 0 Å². The summed E-state index contributed by atoms with van der Waals surface area (Å²) >= 11 is 18.6. The molecule has 2 aliphatic heterocycles. The number of sulfonamides is 1. The number of hydrogen-bond acceptors (Lipinski definition) is 4. The van der Waals surface area contributed by atoms with Crippen LogP contribution in [0.15, 0.2) is 42.5 Å². The van der Waals surface area contributed by atoms with E-state index in [0.717, 1.165) is 5.56 Å². The number of rotatable bonds is 5. The summed E-state index contributed by atoms with van der Waals surface area (Å²) in [6.45, 7) is 5.58. The van der Waals surface area contributed by atoms with E-state index in [4.69, 9.17) is 34.8 Å². The molecule has 2 heterocycles. The van der Waals surface area contributed by atoms with Crippen molar-refractivity contribution in [2.75, 3.05) is 52.6 Å². The molecule has 8 nitrogen and oxygen atoms in total. The van der Waals surface area contributed by atoms with Gasteiger partial charge in [-0.3, -0.25) is 4.79 Å². The van der Waals surface area contributed by atoms with Crippen molar-refractivity contribution in [3.8, 4) is 0 Å². The average Bonchev–Trinajstić information content (AvgIpc) is 3.32. The van der Waals surface area contributed by atoms with E-state index in [1.807, 2.05) is 38.1 Å². The lowest BCUT2D eigenvalue weighted by molar-refractivity contribution is -0.137. The fraction of sp³-hybridized carbons (Fsp3) is 0.481. The Morgan fingerprint density at radius 3 is 1.97 bits per heavy atom. The molecule has 0 spiro atoms. The Balaban J connectivity index is 1.58. The molecule has 212 valence electrons. The molecule has 2 aliphatic rings. The molecule has 2 aromatic carbocycles. The van der Waals surface area contributed by atoms with Crippen molar-refractivity contribution in [1.29, 1.82) is 0 Å². The predicted octanol–water partition coefficient (Wildman–Crippen LogP) is 4.55. The molecule has 0 aliphatic carbocycles. The second kappa shape index (κ2) is 11.4. The number of carbonyl (C=O) groups is 2. The van der Waals surface area contributed by atoms with E-state index >= 15 is 0 Å². The Bertz CT molecular complexity index is 1330. The first-order valence-electron chi connectivity index (χ1n) is 12.7. The fourth-order valence-electron chi connectivity index (χ4n) is 5.41. The van der Waals surface area contributed by atoms with E-state index in [1.165, 1.54) is 10.6 Å². The van der Waals surface area contributed by atoms with Gasteiger partial charge in [-0.1, -0.05) is 46.9 Å². The maximum atomic E-state index is 14.0. The number of piperazine rings is 1. The third-order valence-electron chi connectivity index (χ3n) is 7.77. The van der Waals surface area contributed by atoms with Gasteiger partial charge in [0, 0.05) is 67.3 Å². The standard InChI is InChI=1S/C27H33Cl3N4O4S/c1-27(2,19-13-21(29)15-22(30)14-19)25(35)31(3)24-17-33(16-23(24)18-5-7-20(28)8-6-18)26(36)32-9-11-34(12-10-32)39(4,37)38/h5-8,13-15,23-24H,9-12,16-17H2,1-4H3/t23-,24+/m0/s1. The average molecular weight is 616 g/mol. The highest BCUT2D eigenvalue weighted by Crippen LogP contribution is 2.36. The largest absolute Gasteiger partial charge is 0.340 e. The first kappa shape index (κ1) is 29.9. The van der Waals surface area contributed by atoms with Crippen LogP contribution in [0, 0.1) is 0 Å². The summed E-state index contributed by atoms with van der Waals surface area (Å²) in [5.74, 6) is -0.267. The summed E-state index contributed by atoms with van der Waals surface area (Å²) in [6.07, 6.45) is 1.18. The number of benzene rings is 2. The van der Waals surface area contributed by atoms with Gasteiger partial charge in [-0.15, -0.1) is 0 Å². The van der Waals surface area contributed by atoms with Crippen LogP contribution in [0.5, 0.6) is 0 Å². The second-order valence-electron chi connectivity index (χ2n) is 10.8. The minimum Gasteiger partial charge on any atom is -0.340 e. The summed E-state index contributed by atoms with van der Waals surface area (Å²) in [6, 6.07) is 12.1. The summed E-state index contributed by atoms with van der Waals surface area (Å²) < 4.78 is 25.2. The van der Waals surface area contributed by atoms with Crippen LogP contribution in [-0.4, -0.2) is 98.0 Å². The van der Waals surface area contributed by atoms with Crippen molar-refractivity contribution >= 4 is 56.8 Å². The van der Waals surface area contributed by atoms with Crippen LogP contribution in [0.1, 0.15) is 30.9 Å². The highest BCUT2D eigenvalue weighted by molar-refractivity contribution is 7.88. The minimum absolute atomic E-state index is 0.124. The van der Waals surface area contributed by atoms with Gasteiger partial charge in [-0.05, 0) is 55.3 Å². The molecule has 0 aromatic heterocycles. The van der Waals surface area contributed by atoms with Gasteiger partial charge >= 0.3 is 6.03 Å². The Labute approximate surface area is 245 Å². The van der Waals surface area contributed by atoms with Crippen molar-refractivity contribution in [3.63, 3.8) is 0 Å². The number of likely N-dealkylation sites (N-methyl/N-ethyl adjacent to an activating group) is 1. The third-order valence-corrected chi connectivity index (χ3v) is 9.76. The molecule has 2 aromatic rings. The molecule has 0 radical (unpaired) electrons. The molecular weight excluding hydrogens is 583 g/mol. The van der Waals surface area contributed by atoms with Crippen molar-refractivity contribution in [2.24, 2.45) is 0 Å². The van der Waals surface area contributed by atoms with Gasteiger partial charge in [0.25, 0.3) is 0 Å².